The maximum Gasteiger partial charge on any atom is 0.255 e. The minimum Gasteiger partial charge on any atom is -0.272 e. The highest BCUT2D eigenvalue weighted by Gasteiger charge is 2.27. The van der Waals surface area contributed by atoms with E-state index >= 15 is 0 Å². The Hall–Kier alpha value is -3.43. The molecule has 0 bridgehead atoms. The van der Waals surface area contributed by atoms with E-state index in [-0.39, 0.29) is 11.4 Å². The predicted molar refractivity (Wildman–Crippen MR) is 113 cm³/mol. The summed E-state index contributed by atoms with van der Waals surface area (Å²) in [7, 11) is -4.09. The van der Waals surface area contributed by atoms with Crippen molar-refractivity contribution in [3.63, 3.8) is 0 Å². The lowest BCUT2D eigenvalue weighted by atomic mass is 10.2. The number of sulfonamides is 1. The first-order valence-corrected chi connectivity index (χ1v) is 10.7. The topological polar surface area (TPSA) is 78.8 Å². The second kappa shape index (κ2) is 10.1. The average molecular weight is 443 g/mol. The number of nitrogens with one attached hydrogen (secondary N) is 1. The molecule has 0 aromatic heterocycles. The third-order valence-corrected chi connectivity index (χ3v) is 6.03. The molecule has 0 saturated heterocycles. The molecule has 0 heterocycles. The van der Waals surface area contributed by atoms with Crippen LogP contribution in [-0.2, 0) is 21.4 Å². The second-order valence-electron chi connectivity index (χ2n) is 6.56. The fourth-order valence-corrected chi connectivity index (χ4v) is 4.11. The van der Waals surface area contributed by atoms with Crippen molar-refractivity contribution in [2.24, 2.45) is 5.10 Å². The molecule has 0 aliphatic carbocycles. The zero-order chi connectivity index (χ0) is 22.3. The van der Waals surface area contributed by atoms with Gasteiger partial charge in [-0.1, -0.05) is 42.5 Å². The monoisotopic (exact) mass is 443 g/mol. The van der Waals surface area contributed by atoms with E-state index < -0.39 is 34.1 Å². The summed E-state index contributed by atoms with van der Waals surface area (Å²) >= 11 is 0. The van der Waals surface area contributed by atoms with Gasteiger partial charge in [0.15, 0.2) is 0 Å². The highest BCUT2D eigenvalue weighted by atomic mass is 32.2. The predicted octanol–water partition coefficient (Wildman–Crippen LogP) is 3.31. The maximum absolute atomic E-state index is 13.2. The van der Waals surface area contributed by atoms with Gasteiger partial charge in [-0.25, -0.2) is 22.6 Å². The van der Waals surface area contributed by atoms with Crippen LogP contribution in [0.1, 0.15) is 11.1 Å². The van der Waals surface area contributed by atoms with Gasteiger partial charge >= 0.3 is 0 Å². The van der Waals surface area contributed by atoms with Crippen molar-refractivity contribution in [3.8, 4) is 0 Å². The molecular weight excluding hydrogens is 424 g/mol. The van der Waals surface area contributed by atoms with Crippen LogP contribution in [0.4, 0.5) is 8.78 Å². The van der Waals surface area contributed by atoms with Gasteiger partial charge in [0.1, 0.15) is 11.6 Å². The van der Waals surface area contributed by atoms with Gasteiger partial charge in [-0.05, 0) is 47.5 Å². The lowest BCUT2D eigenvalue weighted by molar-refractivity contribution is -0.121. The Morgan fingerprint density at radius 3 is 2.32 bits per heavy atom. The minimum absolute atomic E-state index is 0.0679. The van der Waals surface area contributed by atoms with Crippen molar-refractivity contribution in [2.45, 2.75) is 11.4 Å². The summed E-state index contributed by atoms with van der Waals surface area (Å²) in [6.07, 6.45) is 1.25. The smallest absolute Gasteiger partial charge is 0.255 e. The fraction of sp³-hybridized carbons (Fsp3) is 0.0909. The summed E-state index contributed by atoms with van der Waals surface area (Å²) in [5, 5.41) is 3.75. The highest BCUT2D eigenvalue weighted by molar-refractivity contribution is 7.89. The van der Waals surface area contributed by atoms with Gasteiger partial charge in [-0.2, -0.15) is 9.41 Å². The van der Waals surface area contributed by atoms with Crippen LogP contribution in [0, 0.1) is 11.6 Å². The number of nitrogens with zero attached hydrogens (tertiary/aromatic N) is 2. The van der Waals surface area contributed by atoms with Crippen LogP contribution < -0.4 is 5.43 Å². The summed E-state index contributed by atoms with van der Waals surface area (Å²) in [6.45, 7) is -0.587. The number of halogens is 2. The van der Waals surface area contributed by atoms with Crippen LogP contribution in [0.2, 0.25) is 0 Å². The number of hydrogen-bond donors (Lipinski definition) is 1. The molecular formula is C22H19F2N3O3S. The number of hydrogen-bond acceptors (Lipinski definition) is 4. The number of rotatable bonds is 8. The lowest BCUT2D eigenvalue weighted by Crippen LogP contribution is -2.39. The van der Waals surface area contributed by atoms with E-state index in [1.54, 1.807) is 36.4 Å². The normalized spacial score (nSPS) is 11.7. The Morgan fingerprint density at radius 1 is 0.935 bits per heavy atom. The third kappa shape index (κ3) is 6.27. The van der Waals surface area contributed by atoms with E-state index in [0.717, 1.165) is 28.6 Å². The first-order valence-electron chi connectivity index (χ1n) is 9.22. The van der Waals surface area contributed by atoms with Crippen molar-refractivity contribution in [1.29, 1.82) is 0 Å². The molecule has 160 valence electrons. The number of carbonyl (C=O) groups excluding carboxylic acids is 1. The van der Waals surface area contributed by atoms with Crippen LogP contribution in [0.25, 0.3) is 0 Å². The quantitative estimate of drug-likeness (QED) is 0.429. The van der Waals surface area contributed by atoms with E-state index in [1.807, 2.05) is 0 Å². The third-order valence-electron chi connectivity index (χ3n) is 4.22. The molecule has 31 heavy (non-hydrogen) atoms. The van der Waals surface area contributed by atoms with E-state index in [9.17, 15) is 22.0 Å². The second-order valence-corrected chi connectivity index (χ2v) is 8.50. The molecule has 3 aromatic rings. The molecule has 0 radical (unpaired) electrons. The van der Waals surface area contributed by atoms with E-state index in [0.29, 0.717) is 11.1 Å². The largest absolute Gasteiger partial charge is 0.272 e. The van der Waals surface area contributed by atoms with E-state index in [2.05, 4.69) is 10.5 Å². The zero-order valence-electron chi connectivity index (χ0n) is 16.3. The molecule has 3 rings (SSSR count). The molecule has 1 N–H and O–H groups in total. The SMILES string of the molecule is O=C(CN(Cc1ccccc1)S(=O)(=O)c1ccc(F)cc1)N/N=C\c1cccc(F)c1. The van der Waals surface area contributed by atoms with Gasteiger partial charge in [0.05, 0.1) is 17.7 Å². The highest BCUT2D eigenvalue weighted by Crippen LogP contribution is 2.18. The number of amides is 1. The molecule has 0 saturated carbocycles. The summed E-state index contributed by atoms with van der Waals surface area (Å²) in [4.78, 5) is 12.2. The molecule has 0 unspecified atom stereocenters. The maximum atomic E-state index is 13.2. The van der Waals surface area contributed by atoms with E-state index in [1.165, 1.54) is 24.4 Å². The van der Waals surface area contributed by atoms with E-state index in [4.69, 9.17) is 0 Å². The van der Waals surface area contributed by atoms with Crippen LogP contribution in [0.5, 0.6) is 0 Å². The number of hydrazone groups is 1. The van der Waals surface area contributed by atoms with Crippen LogP contribution >= 0.6 is 0 Å². The van der Waals surface area contributed by atoms with Crippen molar-refractivity contribution >= 4 is 22.1 Å². The molecule has 0 spiro atoms. The number of benzene rings is 3. The molecule has 0 aliphatic rings. The molecule has 6 nitrogen and oxygen atoms in total. The van der Waals surface area contributed by atoms with Crippen molar-refractivity contribution in [3.05, 3.63) is 102 Å². The minimum atomic E-state index is -4.09. The number of carbonyl (C=O) groups is 1. The Bertz CT molecular complexity index is 1170. The first kappa shape index (κ1) is 22.3. The Labute approximate surface area is 178 Å². The summed E-state index contributed by atoms with van der Waals surface area (Å²) in [5.74, 6) is -1.71. The Balaban J connectivity index is 1.77. The molecule has 0 atom stereocenters. The van der Waals surface area contributed by atoms with Crippen molar-refractivity contribution in [1.82, 2.24) is 9.73 Å². The molecule has 0 fully saturated rings. The van der Waals surface area contributed by atoms with Gasteiger partial charge in [-0.3, -0.25) is 4.79 Å². The van der Waals surface area contributed by atoms with Gasteiger partial charge in [0, 0.05) is 6.54 Å². The molecule has 1 amide bonds. The Kier molecular flexibility index (Phi) is 7.22. The van der Waals surface area contributed by atoms with Gasteiger partial charge < -0.3 is 0 Å². The lowest BCUT2D eigenvalue weighted by Gasteiger charge is -2.21. The summed E-state index contributed by atoms with van der Waals surface area (Å²) in [5.41, 5.74) is 3.34. The van der Waals surface area contributed by atoms with Crippen molar-refractivity contribution in [2.75, 3.05) is 6.54 Å². The van der Waals surface area contributed by atoms with Gasteiger partial charge in [0.2, 0.25) is 10.0 Å². The molecule has 9 heteroatoms. The molecule has 3 aromatic carbocycles. The average Bonchev–Trinajstić information content (AvgIpc) is 2.74. The standard InChI is InChI=1S/C22H19F2N3O3S/c23-19-9-11-21(12-10-19)31(29,30)27(15-17-5-2-1-3-6-17)16-22(28)26-25-14-18-7-4-8-20(24)13-18/h1-14H,15-16H2,(H,26,28)/b25-14-. The van der Waals surface area contributed by atoms with Crippen LogP contribution in [0.15, 0.2) is 88.9 Å². The zero-order valence-corrected chi connectivity index (χ0v) is 17.1. The summed E-state index contributed by atoms with van der Waals surface area (Å²) < 4.78 is 53.5. The Morgan fingerprint density at radius 2 is 1.65 bits per heavy atom. The van der Waals surface area contributed by atoms with Gasteiger partial charge in [-0.15, -0.1) is 0 Å². The van der Waals surface area contributed by atoms with Crippen LogP contribution in [0.3, 0.4) is 0 Å². The van der Waals surface area contributed by atoms with Gasteiger partial charge in [0.25, 0.3) is 5.91 Å². The summed E-state index contributed by atoms with van der Waals surface area (Å²) in [6, 6.07) is 18.7. The first-order chi connectivity index (χ1) is 14.8. The fourth-order valence-electron chi connectivity index (χ4n) is 2.73. The van der Waals surface area contributed by atoms with Crippen LogP contribution in [-0.4, -0.2) is 31.4 Å². The molecule has 0 aliphatic heterocycles. The van der Waals surface area contributed by atoms with Crippen molar-refractivity contribution < 1.29 is 22.0 Å².